The minimum absolute atomic E-state index is 0. The minimum atomic E-state index is 0. The van der Waals surface area contributed by atoms with Gasteiger partial charge in [-0.05, 0) is 45.1 Å². The van der Waals surface area contributed by atoms with Crippen LogP contribution in [0.2, 0.25) is 0 Å². The zero-order valence-corrected chi connectivity index (χ0v) is 15.5. The van der Waals surface area contributed by atoms with Crippen molar-refractivity contribution in [2.24, 2.45) is 0 Å². The van der Waals surface area contributed by atoms with E-state index in [9.17, 15) is 0 Å². The maximum Gasteiger partial charge on any atom is 0.175 e. The van der Waals surface area contributed by atoms with Crippen molar-refractivity contribution in [2.75, 3.05) is 13.7 Å². The van der Waals surface area contributed by atoms with Crippen LogP contribution in [-0.4, -0.2) is 13.7 Å². The normalized spacial score (nSPS) is 9.91. The second kappa shape index (κ2) is 9.90. The van der Waals surface area contributed by atoms with Crippen LogP contribution in [0.1, 0.15) is 10.4 Å². The van der Waals surface area contributed by atoms with E-state index in [0.29, 0.717) is 12.4 Å². The summed E-state index contributed by atoms with van der Waals surface area (Å²) in [5.74, 6) is 1.43. The molecular weight excluding hydrogens is 386 g/mol. The van der Waals surface area contributed by atoms with Gasteiger partial charge in [0, 0.05) is 18.0 Å². The molecule has 1 aromatic heterocycles. The molecular formula is C16H19BrClNO2S. The van der Waals surface area contributed by atoms with E-state index in [2.05, 4.69) is 45.3 Å². The van der Waals surface area contributed by atoms with E-state index in [-0.39, 0.29) is 12.4 Å². The van der Waals surface area contributed by atoms with Gasteiger partial charge in [-0.2, -0.15) is 0 Å². The van der Waals surface area contributed by atoms with Crippen molar-refractivity contribution in [3.63, 3.8) is 0 Å². The fourth-order valence-electron chi connectivity index (χ4n) is 1.90. The zero-order valence-electron chi connectivity index (χ0n) is 12.3. The predicted octanol–water partition coefficient (Wildman–Crippen LogP) is 4.80. The molecule has 0 aliphatic heterocycles. The first-order valence-electron chi connectivity index (χ1n) is 6.57. The number of methoxy groups -OCH3 is 1. The van der Waals surface area contributed by atoms with Crippen molar-refractivity contribution in [3.05, 3.63) is 57.2 Å². The van der Waals surface area contributed by atoms with Crippen LogP contribution in [-0.2, 0) is 13.1 Å². The van der Waals surface area contributed by atoms with Crippen LogP contribution in [0.5, 0.6) is 11.5 Å². The Balaban J connectivity index is 0.00000242. The van der Waals surface area contributed by atoms with E-state index in [1.54, 1.807) is 24.5 Å². The van der Waals surface area contributed by atoms with Gasteiger partial charge in [-0.3, -0.25) is 0 Å². The van der Waals surface area contributed by atoms with Crippen LogP contribution in [0.4, 0.5) is 0 Å². The summed E-state index contributed by atoms with van der Waals surface area (Å²) in [6, 6.07) is 8.22. The van der Waals surface area contributed by atoms with Crippen molar-refractivity contribution >= 4 is 39.7 Å². The van der Waals surface area contributed by atoms with E-state index in [1.165, 1.54) is 4.88 Å². The molecule has 3 nitrogen and oxygen atoms in total. The van der Waals surface area contributed by atoms with Crippen molar-refractivity contribution < 1.29 is 9.47 Å². The summed E-state index contributed by atoms with van der Waals surface area (Å²) in [5.41, 5.74) is 1.14. The Morgan fingerprint density at radius 2 is 2.18 bits per heavy atom. The fourth-order valence-corrected chi connectivity index (χ4v) is 3.18. The maximum absolute atomic E-state index is 5.62. The number of ether oxygens (including phenoxy) is 2. The van der Waals surface area contributed by atoms with Crippen molar-refractivity contribution in [1.29, 1.82) is 0 Å². The van der Waals surface area contributed by atoms with Gasteiger partial charge in [0.05, 0.1) is 11.6 Å². The molecule has 0 atom stereocenters. The Morgan fingerprint density at radius 1 is 1.36 bits per heavy atom. The molecule has 6 heteroatoms. The molecule has 0 unspecified atom stereocenters. The molecule has 0 radical (unpaired) electrons. The molecule has 0 saturated carbocycles. The monoisotopic (exact) mass is 403 g/mol. The molecule has 0 aliphatic carbocycles. The third-order valence-corrected chi connectivity index (χ3v) is 4.31. The average Bonchev–Trinajstić information content (AvgIpc) is 2.99. The van der Waals surface area contributed by atoms with Gasteiger partial charge in [-0.25, -0.2) is 0 Å². The first-order chi connectivity index (χ1) is 10.2. The van der Waals surface area contributed by atoms with Crippen LogP contribution >= 0.6 is 39.7 Å². The van der Waals surface area contributed by atoms with Crippen molar-refractivity contribution in [3.8, 4) is 11.5 Å². The zero-order chi connectivity index (χ0) is 15.1. The molecule has 0 amide bonds. The lowest BCUT2D eigenvalue weighted by Crippen LogP contribution is -2.12. The second-order valence-corrected chi connectivity index (χ2v) is 6.28. The van der Waals surface area contributed by atoms with E-state index in [1.807, 2.05) is 12.1 Å². The highest BCUT2D eigenvalue weighted by atomic mass is 79.9. The number of rotatable bonds is 8. The maximum atomic E-state index is 5.62. The number of hydrogen-bond donors (Lipinski definition) is 1. The SMILES string of the molecule is C=CCOc1c(Br)cc(CNCc2cccs2)cc1OC.Cl. The Kier molecular flexibility index (Phi) is 8.56. The quantitative estimate of drug-likeness (QED) is 0.641. The summed E-state index contributed by atoms with van der Waals surface area (Å²) >= 11 is 5.29. The highest BCUT2D eigenvalue weighted by molar-refractivity contribution is 9.10. The smallest absolute Gasteiger partial charge is 0.175 e. The van der Waals surface area contributed by atoms with Gasteiger partial charge in [-0.15, -0.1) is 23.7 Å². The van der Waals surface area contributed by atoms with Gasteiger partial charge in [0.1, 0.15) is 6.61 Å². The van der Waals surface area contributed by atoms with Crippen LogP contribution in [0, 0.1) is 0 Å². The third-order valence-electron chi connectivity index (χ3n) is 2.84. The molecule has 22 heavy (non-hydrogen) atoms. The lowest BCUT2D eigenvalue weighted by atomic mass is 10.2. The predicted molar refractivity (Wildman–Crippen MR) is 98.5 cm³/mol. The first-order valence-corrected chi connectivity index (χ1v) is 8.25. The van der Waals surface area contributed by atoms with E-state index in [4.69, 9.17) is 9.47 Å². The van der Waals surface area contributed by atoms with Gasteiger partial charge in [0.2, 0.25) is 0 Å². The second-order valence-electron chi connectivity index (χ2n) is 4.39. The number of thiophene rings is 1. The molecule has 0 saturated heterocycles. The number of benzene rings is 1. The molecule has 120 valence electrons. The summed E-state index contributed by atoms with van der Waals surface area (Å²) < 4.78 is 11.9. The molecule has 0 aliphatic rings. The summed E-state index contributed by atoms with van der Waals surface area (Å²) in [6.07, 6.45) is 1.71. The Morgan fingerprint density at radius 3 is 2.82 bits per heavy atom. The van der Waals surface area contributed by atoms with Crippen molar-refractivity contribution in [1.82, 2.24) is 5.32 Å². The standard InChI is InChI=1S/C16H18BrNO2S.ClH/c1-3-6-20-16-14(17)8-12(9-15(16)19-2)10-18-11-13-5-4-7-21-13;/h3-5,7-9,18H,1,6,10-11H2,2H3;1H. The molecule has 2 aromatic rings. The summed E-state index contributed by atoms with van der Waals surface area (Å²) in [7, 11) is 1.64. The number of halogens is 2. The van der Waals surface area contributed by atoms with Gasteiger partial charge in [0.15, 0.2) is 11.5 Å². The van der Waals surface area contributed by atoms with Crippen LogP contribution in [0.15, 0.2) is 46.8 Å². The molecule has 0 spiro atoms. The Labute approximate surface area is 149 Å². The number of hydrogen-bond acceptors (Lipinski definition) is 4. The Hall–Kier alpha value is -1.01. The lowest BCUT2D eigenvalue weighted by molar-refractivity contribution is 0.324. The van der Waals surface area contributed by atoms with E-state index < -0.39 is 0 Å². The first kappa shape index (κ1) is 19.0. The van der Waals surface area contributed by atoms with Crippen LogP contribution in [0.3, 0.4) is 0 Å². The fraction of sp³-hybridized carbons (Fsp3) is 0.250. The minimum Gasteiger partial charge on any atom is -0.493 e. The van der Waals surface area contributed by atoms with E-state index >= 15 is 0 Å². The Bertz CT molecular complexity index is 590. The number of nitrogens with one attached hydrogen (secondary N) is 1. The molecule has 1 N–H and O–H groups in total. The van der Waals surface area contributed by atoms with Crippen LogP contribution in [0.25, 0.3) is 0 Å². The average molecular weight is 405 g/mol. The van der Waals surface area contributed by atoms with Gasteiger partial charge >= 0.3 is 0 Å². The van der Waals surface area contributed by atoms with Gasteiger partial charge in [0.25, 0.3) is 0 Å². The molecule has 1 aromatic carbocycles. The van der Waals surface area contributed by atoms with Gasteiger partial charge in [-0.1, -0.05) is 18.7 Å². The highest BCUT2D eigenvalue weighted by Gasteiger charge is 2.11. The summed E-state index contributed by atoms with van der Waals surface area (Å²) in [5, 5.41) is 5.51. The van der Waals surface area contributed by atoms with Crippen molar-refractivity contribution in [2.45, 2.75) is 13.1 Å². The van der Waals surface area contributed by atoms with Gasteiger partial charge < -0.3 is 14.8 Å². The molecule has 2 rings (SSSR count). The molecule has 0 fully saturated rings. The third kappa shape index (κ3) is 5.32. The topological polar surface area (TPSA) is 30.5 Å². The summed E-state index contributed by atoms with van der Waals surface area (Å²) in [4.78, 5) is 1.33. The van der Waals surface area contributed by atoms with E-state index in [0.717, 1.165) is 28.9 Å². The largest absolute Gasteiger partial charge is 0.493 e. The van der Waals surface area contributed by atoms with Crippen LogP contribution < -0.4 is 14.8 Å². The molecule has 0 bridgehead atoms. The molecule has 1 heterocycles. The highest BCUT2D eigenvalue weighted by Crippen LogP contribution is 2.36. The lowest BCUT2D eigenvalue weighted by Gasteiger charge is -2.13. The summed E-state index contributed by atoms with van der Waals surface area (Å²) in [6.45, 7) is 5.74.